The molecule has 0 aromatic carbocycles. The van der Waals surface area contributed by atoms with E-state index in [0.29, 0.717) is 18.8 Å². The zero-order valence-electron chi connectivity index (χ0n) is 11.6. The van der Waals surface area contributed by atoms with Crippen molar-refractivity contribution in [3.8, 4) is 18.2 Å². The fraction of sp³-hybridized carbons (Fsp3) is 0.357. The molecule has 1 saturated heterocycles. The van der Waals surface area contributed by atoms with Gasteiger partial charge in [-0.25, -0.2) is 9.97 Å². The Labute approximate surface area is 126 Å². The zero-order chi connectivity index (χ0) is 15.7. The van der Waals surface area contributed by atoms with Crippen molar-refractivity contribution in [3.63, 3.8) is 0 Å². The smallest absolute Gasteiger partial charge is 0.179 e. The highest BCUT2D eigenvalue weighted by molar-refractivity contribution is 5.86. The topological polar surface area (TPSA) is 137 Å². The lowest BCUT2D eigenvalue weighted by atomic mass is 10.2. The molecule has 3 rings (SSSR count). The summed E-state index contributed by atoms with van der Waals surface area (Å²) in [5, 5.41) is 27.4. The van der Waals surface area contributed by atoms with Gasteiger partial charge in [0.1, 0.15) is 35.1 Å². The van der Waals surface area contributed by atoms with Gasteiger partial charge >= 0.3 is 0 Å². The molecule has 0 aliphatic carbocycles. The fourth-order valence-electron chi connectivity index (χ4n) is 2.60. The molecule has 0 spiro atoms. The molecule has 0 amide bonds. The summed E-state index contributed by atoms with van der Waals surface area (Å²) in [5.74, 6) is 0.229. The van der Waals surface area contributed by atoms with Crippen LogP contribution in [0.15, 0.2) is 0 Å². The molecule has 0 bridgehead atoms. The molecule has 8 heteroatoms. The largest absolute Gasteiger partial charge is 0.384 e. The molecular formula is C14H11N7O. The fourth-order valence-corrected chi connectivity index (χ4v) is 2.60. The first-order chi connectivity index (χ1) is 10.7. The summed E-state index contributed by atoms with van der Waals surface area (Å²) in [6.45, 7) is 1.14. The summed E-state index contributed by atoms with van der Waals surface area (Å²) in [7, 11) is 0. The van der Waals surface area contributed by atoms with E-state index in [-0.39, 0.29) is 34.4 Å². The van der Waals surface area contributed by atoms with Gasteiger partial charge in [-0.05, 0) is 12.8 Å². The monoisotopic (exact) mass is 293 g/mol. The highest BCUT2D eigenvalue weighted by Gasteiger charge is 2.24. The van der Waals surface area contributed by atoms with Crippen LogP contribution in [0, 0.1) is 34.0 Å². The number of aromatic nitrogens is 3. The van der Waals surface area contributed by atoms with Crippen LogP contribution < -0.4 is 5.73 Å². The van der Waals surface area contributed by atoms with Crippen LogP contribution in [0.25, 0.3) is 11.2 Å². The molecule has 1 aliphatic heterocycles. The van der Waals surface area contributed by atoms with Crippen LogP contribution in [0.2, 0.25) is 0 Å². The van der Waals surface area contributed by atoms with Crippen LogP contribution in [0.1, 0.15) is 29.8 Å². The Kier molecular flexibility index (Phi) is 3.34. The molecular weight excluding hydrogens is 282 g/mol. The first-order valence-electron chi connectivity index (χ1n) is 6.71. The predicted molar refractivity (Wildman–Crippen MR) is 75.1 cm³/mol. The van der Waals surface area contributed by atoms with Gasteiger partial charge in [-0.2, -0.15) is 15.8 Å². The van der Waals surface area contributed by atoms with Crippen molar-refractivity contribution in [2.45, 2.75) is 25.5 Å². The zero-order valence-corrected chi connectivity index (χ0v) is 11.6. The van der Waals surface area contributed by atoms with Gasteiger partial charge in [0.05, 0.1) is 12.6 Å². The molecule has 8 nitrogen and oxygen atoms in total. The van der Waals surface area contributed by atoms with Crippen LogP contribution in [-0.4, -0.2) is 27.2 Å². The first kappa shape index (κ1) is 13.8. The van der Waals surface area contributed by atoms with Gasteiger partial charge in [-0.3, -0.25) is 0 Å². The quantitative estimate of drug-likeness (QED) is 0.864. The third-order valence-electron chi connectivity index (χ3n) is 3.65. The molecule has 1 aliphatic rings. The van der Waals surface area contributed by atoms with Crippen LogP contribution in [0.5, 0.6) is 0 Å². The van der Waals surface area contributed by atoms with Crippen LogP contribution >= 0.6 is 0 Å². The van der Waals surface area contributed by atoms with E-state index >= 15 is 0 Å². The number of rotatable bonds is 2. The minimum absolute atomic E-state index is 0.00702. The molecule has 2 N–H and O–H groups in total. The molecule has 0 unspecified atom stereocenters. The van der Waals surface area contributed by atoms with Gasteiger partial charge < -0.3 is 15.0 Å². The molecule has 1 fully saturated rings. The Morgan fingerprint density at radius 3 is 2.50 bits per heavy atom. The van der Waals surface area contributed by atoms with Gasteiger partial charge in [0.25, 0.3) is 0 Å². The summed E-state index contributed by atoms with van der Waals surface area (Å²) in [6, 6.07) is 5.64. The van der Waals surface area contributed by atoms with Gasteiger partial charge in [0, 0.05) is 6.61 Å². The highest BCUT2D eigenvalue weighted by Crippen LogP contribution is 2.27. The van der Waals surface area contributed by atoms with Crippen molar-refractivity contribution in [2.24, 2.45) is 0 Å². The maximum Gasteiger partial charge on any atom is 0.179 e. The lowest BCUT2D eigenvalue weighted by molar-refractivity contribution is 0.0983. The van der Waals surface area contributed by atoms with Crippen molar-refractivity contribution >= 4 is 17.0 Å². The van der Waals surface area contributed by atoms with E-state index < -0.39 is 0 Å². The van der Waals surface area contributed by atoms with Crippen molar-refractivity contribution in [1.29, 1.82) is 15.8 Å². The number of nitrogens with two attached hydrogens (primary N) is 1. The maximum absolute atomic E-state index is 9.29. The molecule has 1 atom stereocenters. The van der Waals surface area contributed by atoms with Crippen LogP contribution in [0.4, 0.5) is 5.82 Å². The van der Waals surface area contributed by atoms with Crippen LogP contribution in [0.3, 0.4) is 0 Å². The number of hydrogen-bond acceptors (Lipinski definition) is 7. The Hall–Kier alpha value is -3.15. The van der Waals surface area contributed by atoms with Gasteiger partial charge in [0.15, 0.2) is 17.0 Å². The summed E-state index contributed by atoms with van der Waals surface area (Å²) >= 11 is 0. The Morgan fingerprint density at radius 1 is 1.18 bits per heavy atom. The van der Waals surface area contributed by atoms with Crippen molar-refractivity contribution in [1.82, 2.24) is 14.5 Å². The lowest BCUT2D eigenvalue weighted by Crippen LogP contribution is -2.17. The number of anilines is 1. The Bertz CT molecular complexity index is 872. The number of ether oxygens (including phenoxy) is 1. The Balaban J connectivity index is 2.23. The molecule has 0 radical (unpaired) electrons. The van der Waals surface area contributed by atoms with Gasteiger partial charge in [0.2, 0.25) is 0 Å². The van der Waals surface area contributed by atoms with Gasteiger partial charge in [-0.1, -0.05) is 0 Å². The minimum Gasteiger partial charge on any atom is -0.384 e. The number of nitrogen functional groups attached to an aromatic ring is 1. The van der Waals surface area contributed by atoms with Crippen LogP contribution in [-0.2, 0) is 11.3 Å². The second-order valence-electron chi connectivity index (χ2n) is 4.93. The number of hydrogen-bond donors (Lipinski definition) is 1. The first-order valence-corrected chi connectivity index (χ1v) is 6.71. The lowest BCUT2D eigenvalue weighted by Gasteiger charge is -2.12. The van der Waals surface area contributed by atoms with E-state index in [1.54, 1.807) is 4.57 Å². The van der Waals surface area contributed by atoms with E-state index in [1.165, 1.54) is 0 Å². The van der Waals surface area contributed by atoms with E-state index in [9.17, 15) is 5.26 Å². The normalized spacial score (nSPS) is 17.0. The maximum atomic E-state index is 9.29. The SMILES string of the molecule is N#Cc1nc2c(C#N)c(N)n(C[C@@H]3CCCO3)c2nc1C#N. The van der Waals surface area contributed by atoms with E-state index in [1.807, 2.05) is 18.2 Å². The third-order valence-corrected chi connectivity index (χ3v) is 3.65. The predicted octanol–water partition coefficient (Wildman–Crippen LogP) is 0.808. The van der Waals surface area contributed by atoms with Gasteiger partial charge in [-0.15, -0.1) is 0 Å². The number of fused-ring (bicyclic) bond motifs is 1. The molecule has 108 valence electrons. The third kappa shape index (κ3) is 2.01. The second-order valence-corrected chi connectivity index (χ2v) is 4.93. The van der Waals surface area contributed by atoms with Crippen molar-refractivity contribution < 1.29 is 4.74 Å². The van der Waals surface area contributed by atoms with Crippen molar-refractivity contribution in [2.75, 3.05) is 12.3 Å². The molecule has 0 saturated carbocycles. The summed E-state index contributed by atoms with van der Waals surface area (Å²) in [6.07, 6.45) is 1.87. The van der Waals surface area contributed by atoms with E-state index in [4.69, 9.17) is 21.0 Å². The molecule has 3 heterocycles. The van der Waals surface area contributed by atoms with E-state index in [0.717, 1.165) is 12.8 Å². The summed E-state index contributed by atoms with van der Waals surface area (Å²) in [4.78, 5) is 8.25. The molecule has 22 heavy (non-hydrogen) atoms. The second kappa shape index (κ2) is 5.33. The number of nitrogens with zero attached hydrogens (tertiary/aromatic N) is 6. The Morgan fingerprint density at radius 2 is 1.91 bits per heavy atom. The summed E-state index contributed by atoms with van der Waals surface area (Å²) < 4.78 is 7.22. The summed E-state index contributed by atoms with van der Waals surface area (Å²) in [5.41, 5.74) is 6.58. The standard InChI is InChI=1S/C14H11N7O/c15-4-9-12-14(20-11(6-17)10(5-16)19-12)21(13(9)18)7-8-2-1-3-22-8/h8H,1-3,7,18H2/t8-/m0/s1. The average Bonchev–Trinajstić information content (AvgIpc) is 3.13. The minimum atomic E-state index is -0.110. The molecule has 2 aromatic rings. The molecule has 2 aromatic heterocycles. The van der Waals surface area contributed by atoms with Crippen molar-refractivity contribution in [3.05, 3.63) is 17.0 Å². The number of nitriles is 3. The van der Waals surface area contributed by atoms with E-state index in [2.05, 4.69) is 9.97 Å². The highest BCUT2D eigenvalue weighted by atomic mass is 16.5. The average molecular weight is 293 g/mol.